The quantitative estimate of drug-likeness (QED) is 0.886. The van der Waals surface area contributed by atoms with Crippen molar-refractivity contribution in [2.24, 2.45) is 0 Å². The number of nitriles is 1. The minimum Gasteiger partial charge on any atom is -0.310 e. The molecule has 98 valence electrons. The summed E-state index contributed by atoms with van der Waals surface area (Å²) in [7, 11) is 0. The van der Waals surface area contributed by atoms with E-state index in [4.69, 9.17) is 0 Å². The van der Waals surface area contributed by atoms with E-state index in [-0.39, 0.29) is 5.41 Å². The molecule has 0 spiro atoms. The highest BCUT2D eigenvalue weighted by molar-refractivity contribution is 5.39. The zero-order valence-electron chi connectivity index (χ0n) is 12.0. The van der Waals surface area contributed by atoms with Crippen molar-refractivity contribution in [1.29, 1.82) is 5.26 Å². The summed E-state index contributed by atoms with van der Waals surface area (Å²) in [6.45, 7) is 11.3. The predicted octanol–water partition coefficient (Wildman–Crippen LogP) is 3.14. The van der Waals surface area contributed by atoms with Crippen LogP contribution in [-0.4, -0.2) is 11.0 Å². The highest BCUT2D eigenvalue weighted by atomic mass is 14.9. The second-order valence-electron chi connectivity index (χ2n) is 5.79. The molecule has 0 bridgehead atoms. The van der Waals surface area contributed by atoms with Gasteiger partial charge in [0.2, 0.25) is 0 Å². The number of hydrogen-bond acceptors (Lipinski definition) is 3. The second-order valence-corrected chi connectivity index (χ2v) is 5.79. The standard InChI is InChI=1S/C15H23N3/c1-6-11(2)17-9-12-7-13(8-16)14(18-10-12)15(3,4)5/h7,10-11,17H,6,9H2,1-5H3/t11-/m0/s1. The first-order valence-corrected chi connectivity index (χ1v) is 6.51. The highest BCUT2D eigenvalue weighted by Crippen LogP contribution is 2.23. The summed E-state index contributed by atoms with van der Waals surface area (Å²) in [5.74, 6) is 0. The van der Waals surface area contributed by atoms with Crippen LogP contribution in [0.15, 0.2) is 12.3 Å². The third-order valence-electron chi connectivity index (χ3n) is 3.04. The first-order chi connectivity index (χ1) is 8.38. The SMILES string of the molecule is CC[C@H](C)NCc1cnc(C(C)(C)C)c(C#N)c1. The summed E-state index contributed by atoms with van der Waals surface area (Å²) >= 11 is 0. The molecule has 1 rings (SSSR count). The monoisotopic (exact) mass is 245 g/mol. The number of hydrogen-bond donors (Lipinski definition) is 1. The molecule has 0 aliphatic rings. The summed E-state index contributed by atoms with van der Waals surface area (Å²) in [6, 6.07) is 4.69. The molecule has 0 aromatic carbocycles. The van der Waals surface area contributed by atoms with Gasteiger partial charge >= 0.3 is 0 Å². The molecule has 0 unspecified atom stereocenters. The molecule has 3 heteroatoms. The Morgan fingerprint density at radius 3 is 2.61 bits per heavy atom. The molecule has 1 atom stereocenters. The topological polar surface area (TPSA) is 48.7 Å². The summed E-state index contributed by atoms with van der Waals surface area (Å²) in [6.07, 6.45) is 2.97. The van der Waals surface area contributed by atoms with Crippen molar-refractivity contribution in [3.8, 4) is 6.07 Å². The first kappa shape index (κ1) is 14.7. The van der Waals surface area contributed by atoms with Gasteiger partial charge in [0.05, 0.1) is 11.3 Å². The van der Waals surface area contributed by atoms with Crippen LogP contribution in [0.4, 0.5) is 0 Å². The summed E-state index contributed by atoms with van der Waals surface area (Å²) in [5, 5.41) is 12.6. The molecule has 0 saturated heterocycles. The molecule has 0 amide bonds. The molecule has 0 aliphatic carbocycles. The van der Waals surface area contributed by atoms with Crippen molar-refractivity contribution >= 4 is 0 Å². The van der Waals surface area contributed by atoms with Crippen molar-refractivity contribution in [3.63, 3.8) is 0 Å². The minimum absolute atomic E-state index is 0.0896. The maximum atomic E-state index is 9.22. The van der Waals surface area contributed by atoms with Crippen LogP contribution in [0.2, 0.25) is 0 Å². The fourth-order valence-electron chi connectivity index (χ4n) is 1.72. The van der Waals surface area contributed by atoms with E-state index in [1.54, 1.807) is 0 Å². The molecule has 1 heterocycles. The van der Waals surface area contributed by atoms with Gasteiger partial charge in [0.15, 0.2) is 0 Å². The number of aromatic nitrogens is 1. The molecule has 3 nitrogen and oxygen atoms in total. The third-order valence-corrected chi connectivity index (χ3v) is 3.04. The Kier molecular flexibility index (Phi) is 4.86. The van der Waals surface area contributed by atoms with Crippen molar-refractivity contribution in [1.82, 2.24) is 10.3 Å². The van der Waals surface area contributed by atoms with E-state index in [0.29, 0.717) is 11.6 Å². The van der Waals surface area contributed by atoms with Gasteiger partial charge < -0.3 is 5.32 Å². The largest absolute Gasteiger partial charge is 0.310 e. The first-order valence-electron chi connectivity index (χ1n) is 6.51. The second kappa shape index (κ2) is 5.97. The summed E-state index contributed by atoms with van der Waals surface area (Å²) in [5.41, 5.74) is 2.54. The van der Waals surface area contributed by atoms with Gasteiger partial charge in [-0.05, 0) is 25.0 Å². The highest BCUT2D eigenvalue weighted by Gasteiger charge is 2.19. The number of rotatable bonds is 4. The van der Waals surface area contributed by atoms with E-state index in [1.807, 2.05) is 12.3 Å². The zero-order valence-corrected chi connectivity index (χ0v) is 12.0. The molecule has 1 aromatic rings. The maximum Gasteiger partial charge on any atom is 0.101 e. The minimum atomic E-state index is -0.0896. The molecule has 0 saturated carbocycles. The van der Waals surface area contributed by atoms with Crippen LogP contribution >= 0.6 is 0 Å². The van der Waals surface area contributed by atoms with Crippen molar-refractivity contribution < 1.29 is 0 Å². The lowest BCUT2D eigenvalue weighted by molar-refractivity contribution is 0.531. The predicted molar refractivity (Wildman–Crippen MR) is 74.2 cm³/mol. The number of nitrogens with zero attached hydrogens (tertiary/aromatic N) is 2. The van der Waals surface area contributed by atoms with Gasteiger partial charge in [0.1, 0.15) is 6.07 Å². The van der Waals surface area contributed by atoms with E-state index < -0.39 is 0 Å². The summed E-state index contributed by atoms with van der Waals surface area (Å²) in [4.78, 5) is 4.46. The van der Waals surface area contributed by atoms with Gasteiger partial charge in [-0.1, -0.05) is 27.7 Å². The summed E-state index contributed by atoms with van der Waals surface area (Å²) < 4.78 is 0. The van der Waals surface area contributed by atoms with E-state index >= 15 is 0 Å². The molecule has 1 N–H and O–H groups in total. The average Bonchev–Trinajstić information content (AvgIpc) is 2.34. The Hall–Kier alpha value is -1.40. The van der Waals surface area contributed by atoms with Gasteiger partial charge in [-0.3, -0.25) is 4.98 Å². The van der Waals surface area contributed by atoms with Crippen molar-refractivity contribution in [2.75, 3.05) is 0 Å². The third kappa shape index (κ3) is 3.82. The van der Waals surface area contributed by atoms with Crippen LogP contribution in [-0.2, 0) is 12.0 Å². The van der Waals surface area contributed by atoms with Gasteiger partial charge in [-0.2, -0.15) is 5.26 Å². The Balaban J connectivity index is 2.90. The van der Waals surface area contributed by atoms with Gasteiger partial charge in [0, 0.05) is 24.2 Å². The Morgan fingerprint density at radius 2 is 2.11 bits per heavy atom. The molecular formula is C15H23N3. The van der Waals surface area contributed by atoms with Crippen LogP contribution < -0.4 is 5.32 Å². The van der Waals surface area contributed by atoms with Crippen LogP contribution in [0, 0.1) is 11.3 Å². The fraction of sp³-hybridized carbons (Fsp3) is 0.600. The van der Waals surface area contributed by atoms with Crippen molar-refractivity contribution in [3.05, 3.63) is 29.1 Å². The lowest BCUT2D eigenvalue weighted by Crippen LogP contribution is -2.25. The fourth-order valence-corrected chi connectivity index (χ4v) is 1.72. The molecule has 0 aliphatic heterocycles. The van der Waals surface area contributed by atoms with Crippen LogP contribution in [0.5, 0.6) is 0 Å². The lowest BCUT2D eigenvalue weighted by atomic mass is 9.88. The maximum absolute atomic E-state index is 9.22. The Bertz CT molecular complexity index is 438. The van der Waals surface area contributed by atoms with Gasteiger partial charge in [0.25, 0.3) is 0 Å². The van der Waals surface area contributed by atoms with E-state index in [2.05, 4.69) is 51.0 Å². The van der Waals surface area contributed by atoms with Gasteiger partial charge in [-0.15, -0.1) is 0 Å². The Morgan fingerprint density at radius 1 is 1.44 bits per heavy atom. The van der Waals surface area contributed by atoms with E-state index in [1.165, 1.54) is 0 Å². The zero-order chi connectivity index (χ0) is 13.8. The van der Waals surface area contributed by atoms with Crippen molar-refractivity contribution in [2.45, 2.75) is 59.0 Å². The lowest BCUT2D eigenvalue weighted by Gasteiger charge is -2.19. The van der Waals surface area contributed by atoms with Gasteiger partial charge in [-0.25, -0.2) is 0 Å². The molecular weight excluding hydrogens is 222 g/mol. The van der Waals surface area contributed by atoms with E-state index in [0.717, 1.165) is 24.2 Å². The van der Waals surface area contributed by atoms with E-state index in [9.17, 15) is 5.26 Å². The normalized spacial score (nSPS) is 13.1. The van der Waals surface area contributed by atoms with Crippen LogP contribution in [0.25, 0.3) is 0 Å². The number of nitrogens with one attached hydrogen (secondary N) is 1. The van der Waals surface area contributed by atoms with Crippen LogP contribution in [0.1, 0.15) is 57.9 Å². The molecule has 1 aromatic heterocycles. The average molecular weight is 245 g/mol. The molecule has 0 radical (unpaired) electrons. The number of pyridine rings is 1. The molecule has 0 fully saturated rings. The molecule has 18 heavy (non-hydrogen) atoms. The smallest absolute Gasteiger partial charge is 0.101 e. The Labute approximate surface area is 110 Å². The van der Waals surface area contributed by atoms with Crippen LogP contribution in [0.3, 0.4) is 0 Å².